The van der Waals surface area contributed by atoms with Crippen LogP contribution >= 0.6 is 0 Å². The standard InChI is InChI=1S/C12H22N2O3/c1-11(2,17-5)6-7-14-9(15)8-13-12(3,4)10(14)16/h13H,6-8H2,1-5H3. The van der Waals surface area contributed by atoms with Gasteiger partial charge in [0.1, 0.15) is 0 Å². The average molecular weight is 242 g/mol. The van der Waals surface area contributed by atoms with Crippen molar-refractivity contribution in [2.24, 2.45) is 0 Å². The fraction of sp³-hybridized carbons (Fsp3) is 0.833. The lowest BCUT2D eigenvalue weighted by molar-refractivity contribution is -0.153. The van der Waals surface area contributed by atoms with Gasteiger partial charge in [0.2, 0.25) is 11.8 Å². The first kappa shape index (κ1) is 14.1. The van der Waals surface area contributed by atoms with E-state index in [1.54, 1.807) is 21.0 Å². The van der Waals surface area contributed by atoms with Gasteiger partial charge in [0.25, 0.3) is 0 Å². The molecule has 0 saturated carbocycles. The number of carbonyl (C=O) groups excluding carboxylic acids is 2. The van der Waals surface area contributed by atoms with Crippen LogP contribution in [0.25, 0.3) is 0 Å². The van der Waals surface area contributed by atoms with Crippen molar-refractivity contribution in [2.75, 3.05) is 20.2 Å². The summed E-state index contributed by atoms with van der Waals surface area (Å²) < 4.78 is 5.29. The van der Waals surface area contributed by atoms with E-state index in [2.05, 4.69) is 5.32 Å². The lowest BCUT2D eigenvalue weighted by Crippen LogP contribution is -2.64. The van der Waals surface area contributed by atoms with Crippen molar-refractivity contribution in [2.45, 2.75) is 45.3 Å². The van der Waals surface area contributed by atoms with Crippen molar-refractivity contribution >= 4 is 11.8 Å². The van der Waals surface area contributed by atoms with Crippen LogP contribution in [0.5, 0.6) is 0 Å². The quantitative estimate of drug-likeness (QED) is 0.731. The van der Waals surface area contributed by atoms with Gasteiger partial charge >= 0.3 is 0 Å². The molecule has 1 rings (SSSR count). The Balaban J connectivity index is 2.68. The van der Waals surface area contributed by atoms with Gasteiger partial charge in [-0.2, -0.15) is 0 Å². The van der Waals surface area contributed by atoms with Gasteiger partial charge in [-0.05, 0) is 34.1 Å². The number of amides is 2. The van der Waals surface area contributed by atoms with E-state index in [0.29, 0.717) is 13.0 Å². The number of carbonyl (C=O) groups is 2. The molecule has 2 amide bonds. The predicted molar refractivity (Wildman–Crippen MR) is 64.5 cm³/mol. The van der Waals surface area contributed by atoms with Crippen molar-refractivity contribution in [3.05, 3.63) is 0 Å². The van der Waals surface area contributed by atoms with Crippen molar-refractivity contribution in [1.82, 2.24) is 10.2 Å². The molecule has 0 atom stereocenters. The maximum atomic E-state index is 12.1. The van der Waals surface area contributed by atoms with Crippen LogP contribution in [-0.4, -0.2) is 48.1 Å². The van der Waals surface area contributed by atoms with Crippen LogP contribution in [0.2, 0.25) is 0 Å². The number of ether oxygens (including phenoxy) is 1. The van der Waals surface area contributed by atoms with E-state index >= 15 is 0 Å². The molecule has 0 aromatic rings. The molecule has 5 nitrogen and oxygen atoms in total. The number of rotatable bonds is 4. The Labute approximate surface area is 102 Å². The van der Waals surface area contributed by atoms with E-state index in [-0.39, 0.29) is 24.0 Å². The fourth-order valence-corrected chi connectivity index (χ4v) is 1.63. The number of methoxy groups -OCH3 is 1. The Bertz CT molecular complexity index is 324. The molecule has 0 bridgehead atoms. The predicted octanol–water partition coefficient (Wildman–Crippen LogP) is 0.538. The molecule has 0 aliphatic carbocycles. The van der Waals surface area contributed by atoms with E-state index in [4.69, 9.17) is 4.74 Å². The third-order valence-electron chi connectivity index (χ3n) is 3.25. The molecule has 0 unspecified atom stereocenters. The highest BCUT2D eigenvalue weighted by Crippen LogP contribution is 2.18. The minimum absolute atomic E-state index is 0.166. The zero-order chi connectivity index (χ0) is 13.3. The summed E-state index contributed by atoms with van der Waals surface area (Å²) in [6.45, 7) is 8.08. The minimum Gasteiger partial charge on any atom is -0.379 e. The SMILES string of the molecule is COC(C)(C)CCN1C(=O)CNC(C)(C)C1=O. The average Bonchev–Trinajstić information content (AvgIpc) is 2.24. The van der Waals surface area contributed by atoms with Crippen LogP contribution in [-0.2, 0) is 14.3 Å². The topological polar surface area (TPSA) is 58.6 Å². The Morgan fingerprint density at radius 1 is 1.41 bits per heavy atom. The minimum atomic E-state index is -0.662. The number of piperazine rings is 1. The normalized spacial score (nSPS) is 20.9. The van der Waals surface area contributed by atoms with E-state index in [1.807, 2.05) is 13.8 Å². The van der Waals surface area contributed by atoms with E-state index < -0.39 is 5.54 Å². The van der Waals surface area contributed by atoms with Crippen molar-refractivity contribution < 1.29 is 14.3 Å². The number of hydrogen-bond donors (Lipinski definition) is 1. The Kier molecular flexibility index (Phi) is 3.94. The zero-order valence-electron chi connectivity index (χ0n) is 11.3. The lowest BCUT2D eigenvalue weighted by atomic mass is 9.98. The summed E-state index contributed by atoms with van der Waals surface area (Å²) in [7, 11) is 1.63. The van der Waals surface area contributed by atoms with Crippen LogP contribution in [0.1, 0.15) is 34.1 Å². The highest BCUT2D eigenvalue weighted by Gasteiger charge is 2.40. The fourth-order valence-electron chi connectivity index (χ4n) is 1.63. The van der Waals surface area contributed by atoms with Gasteiger partial charge in [-0.1, -0.05) is 0 Å². The molecular formula is C12H22N2O3. The van der Waals surface area contributed by atoms with E-state index in [9.17, 15) is 9.59 Å². The number of nitrogens with one attached hydrogen (secondary N) is 1. The van der Waals surface area contributed by atoms with Gasteiger partial charge in [-0.3, -0.25) is 19.8 Å². The van der Waals surface area contributed by atoms with E-state index in [1.165, 1.54) is 4.90 Å². The highest BCUT2D eigenvalue weighted by atomic mass is 16.5. The Morgan fingerprint density at radius 3 is 2.53 bits per heavy atom. The Hall–Kier alpha value is -0.940. The first-order valence-corrected chi connectivity index (χ1v) is 5.84. The molecule has 0 radical (unpaired) electrons. The maximum absolute atomic E-state index is 12.1. The number of imide groups is 1. The van der Waals surface area contributed by atoms with Crippen LogP contribution < -0.4 is 5.32 Å². The van der Waals surface area contributed by atoms with Crippen molar-refractivity contribution in [3.63, 3.8) is 0 Å². The molecule has 1 aliphatic rings. The van der Waals surface area contributed by atoms with Crippen molar-refractivity contribution in [1.29, 1.82) is 0 Å². The second-order valence-electron chi connectivity index (χ2n) is 5.54. The molecule has 0 aromatic carbocycles. The molecule has 1 saturated heterocycles. The molecule has 1 aliphatic heterocycles. The van der Waals surface area contributed by atoms with Crippen molar-refractivity contribution in [3.8, 4) is 0 Å². The first-order valence-electron chi connectivity index (χ1n) is 5.84. The third-order valence-corrected chi connectivity index (χ3v) is 3.25. The number of hydrogen-bond acceptors (Lipinski definition) is 4. The Morgan fingerprint density at radius 2 is 2.00 bits per heavy atom. The molecule has 1 N–H and O–H groups in total. The smallest absolute Gasteiger partial charge is 0.248 e. The van der Waals surface area contributed by atoms with Gasteiger partial charge in [0, 0.05) is 13.7 Å². The largest absolute Gasteiger partial charge is 0.379 e. The zero-order valence-corrected chi connectivity index (χ0v) is 11.3. The van der Waals surface area contributed by atoms with Gasteiger partial charge in [-0.15, -0.1) is 0 Å². The van der Waals surface area contributed by atoms with Crippen LogP contribution in [0.15, 0.2) is 0 Å². The van der Waals surface area contributed by atoms with E-state index in [0.717, 1.165) is 0 Å². The summed E-state index contributed by atoms with van der Waals surface area (Å²) in [5.74, 6) is -0.332. The molecule has 5 heteroatoms. The lowest BCUT2D eigenvalue weighted by Gasteiger charge is -2.37. The summed E-state index contributed by atoms with van der Waals surface area (Å²) in [6, 6.07) is 0. The third kappa shape index (κ3) is 3.26. The summed E-state index contributed by atoms with van der Waals surface area (Å²) in [5, 5.41) is 2.93. The second kappa shape index (κ2) is 4.74. The monoisotopic (exact) mass is 242 g/mol. The molecule has 17 heavy (non-hydrogen) atoms. The van der Waals surface area contributed by atoms with Crippen LogP contribution in [0, 0.1) is 0 Å². The summed E-state index contributed by atoms with van der Waals surface area (Å²) in [5.41, 5.74) is -0.985. The summed E-state index contributed by atoms with van der Waals surface area (Å²) >= 11 is 0. The van der Waals surface area contributed by atoms with Crippen LogP contribution in [0.3, 0.4) is 0 Å². The van der Waals surface area contributed by atoms with Crippen LogP contribution in [0.4, 0.5) is 0 Å². The number of nitrogens with zero attached hydrogens (tertiary/aromatic N) is 1. The molecule has 98 valence electrons. The molecule has 0 aromatic heterocycles. The van der Waals surface area contributed by atoms with Gasteiger partial charge in [-0.25, -0.2) is 0 Å². The molecule has 1 fully saturated rings. The second-order valence-corrected chi connectivity index (χ2v) is 5.54. The van der Waals surface area contributed by atoms with Gasteiger partial charge in [0.15, 0.2) is 0 Å². The molecule has 1 heterocycles. The molecular weight excluding hydrogens is 220 g/mol. The first-order chi connectivity index (χ1) is 7.69. The molecule has 0 spiro atoms. The van der Waals surface area contributed by atoms with Gasteiger partial charge < -0.3 is 4.74 Å². The summed E-state index contributed by atoms with van der Waals surface area (Å²) in [6.07, 6.45) is 0.636. The maximum Gasteiger partial charge on any atom is 0.248 e. The summed E-state index contributed by atoms with van der Waals surface area (Å²) in [4.78, 5) is 25.1. The van der Waals surface area contributed by atoms with Gasteiger partial charge in [0.05, 0.1) is 17.7 Å². The highest BCUT2D eigenvalue weighted by molar-refractivity contribution is 6.02.